The van der Waals surface area contributed by atoms with Crippen LogP contribution >= 0.6 is 0 Å². The monoisotopic (exact) mass is 427 g/mol. The summed E-state index contributed by atoms with van der Waals surface area (Å²) in [5.41, 5.74) is 5.19. The summed E-state index contributed by atoms with van der Waals surface area (Å²) in [4.78, 5) is 61.6. The van der Waals surface area contributed by atoms with Crippen molar-refractivity contribution in [2.45, 2.75) is 62.7 Å². The first-order chi connectivity index (χ1) is 14.2. The number of hydrogen-bond acceptors (Lipinski definition) is 7. The van der Waals surface area contributed by atoms with Crippen LogP contribution in [-0.4, -0.2) is 88.6 Å². The van der Waals surface area contributed by atoms with Crippen LogP contribution in [-0.2, 0) is 24.0 Å². The Morgan fingerprint density at radius 1 is 1.07 bits per heavy atom. The fourth-order valence-corrected chi connectivity index (χ4v) is 3.68. The Labute approximate surface area is 173 Å². The number of carbonyl (C=O) groups excluding carboxylic acids is 4. The van der Waals surface area contributed by atoms with Gasteiger partial charge < -0.3 is 36.8 Å². The third-order valence-corrected chi connectivity index (χ3v) is 5.31. The zero-order chi connectivity index (χ0) is 22.3. The minimum Gasteiger partial charge on any atom is -0.480 e. The van der Waals surface area contributed by atoms with Gasteiger partial charge in [0.05, 0.1) is 12.6 Å². The highest BCUT2D eigenvalue weighted by Gasteiger charge is 2.39. The van der Waals surface area contributed by atoms with Gasteiger partial charge in [-0.3, -0.25) is 19.2 Å². The van der Waals surface area contributed by atoms with Crippen molar-refractivity contribution in [3.05, 3.63) is 0 Å². The summed E-state index contributed by atoms with van der Waals surface area (Å²) < 4.78 is 0. The van der Waals surface area contributed by atoms with Crippen molar-refractivity contribution in [1.82, 2.24) is 20.9 Å². The van der Waals surface area contributed by atoms with E-state index < -0.39 is 54.5 Å². The Balaban J connectivity index is 2.09. The molecular formula is C18H29N5O7. The molecule has 0 spiro atoms. The van der Waals surface area contributed by atoms with Crippen LogP contribution in [0.1, 0.15) is 38.5 Å². The van der Waals surface area contributed by atoms with E-state index in [-0.39, 0.29) is 25.3 Å². The number of nitrogens with zero attached hydrogens (tertiary/aromatic N) is 1. The molecular weight excluding hydrogens is 398 g/mol. The van der Waals surface area contributed by atoms with Gasteiger partial charge in [0.15, 0.2) is 0 Å². The van der Waals surface area contributed by atoms with Crippen molar-refractivity contribution in [2.75, 3.05) is 19.7 Å². The van der Waals surface area contributed by atoms with E-state index in [0.29, 0.717) is 25.8 Å². The molecule has 0 aromatic rings. The second kappa shape index (κ2) is 10.9. The van der Waals surface area contributed by atoms with E-state index in [1.54, 1.807) is 0 Å². The first-order valence-corrected chi connectivity index (χ1v) is 10.0. The van der Waals surface area contributed by atoms with Crippen molar-refractivity contribution in [3.8, 4) is 0 Å². The van der Waals surface area contributed by atoms with E-state index in [1.807, 2.05) is 0 Å². The van der Waals surface area contributed by atoms with Gasteiger partial charge in [-0.1, -0.05) is 0 Å². The number of aliphatic hydroxyl groups is 1. The zero-order valence-corrected chi connectivity index (χ0v) is 16.6. The van der Waals surface area contributed by atoms with Crippen LogP contribution in [0.25, 0.3) is 0 Å². The fraction of sp³-hybridized carbons (Fsp3) is 0.722. The summed E-state index contributed by atoms with van der Waals surface area (Å²) in [6.07, 6.45) is 2.17. The number of aliphatic carboxylic acids is 1. The molecule has 7 N–H and O–H groups in total. The third-order valence-electron chi connectivity index (χ3n) is 5.31. The second-order valence-electron chi connectivity index (χ2n) is 7.49. The molecule has 0 aromatic carbocycles. The molecule has 2 rings (SSSR count). The molecule has 12 heteroatoms. The number of primary amides is 1. The highest BCUT2D eigenvalue weighted by atomic mass is 16.4. The van der Waals surface area contributed by atoms with Gasteiger partial charge >= 0.3 is 5.97 Å². The molecule has 4 unspecified atom stereocenters. The number of nitrogens with two attached hydrogens (primary N) is 1. The number of aliphatic hydroxyl groups excluding tert-OH is 1. The smallest absolute Gasteiger partial charge is 0.328 e. The predicted octanol–water partition coefficient (Wildman–Crippen LogP) is -2.96. The van der Waals surface area contributed by atoms with E-state index in [1.165, 1.54) is 4.90 Å². The topological polar surface area (TPSA) is 191 Å². The minimum absolute atomic E-state index is 0.00808. The lowest BCUT2D eigenvalue weighted by Crippen LogP contribution is -2.57. The lowest BCUT2D eigenvalue weighted by atomic mass is 10.1. The Morgan fingerprint density at radius 3 is 2.33 bits per heavy atom. The maximum absolute atomic E-state index is 13.1. The summed E-state index contributed by atoms with van der Waals surface area (Å²) in [5.74, 6) is -3.60. The fourth-order valence-electron chi connectivity index (χ4n) is 3.68. The first kappa shape index (κ1) is 23.5. The van der Waals surface area contributed by atoms with Gasteiger partial charge in [0.25, 0.3) is 0 Å². The van der Waals surface area contributed by atoms with Crippen LogP contribution in [0.5, 0.6) is 0 Å². The average molecular weight is 427 g/mol. The van der Waals surface area contributed by atoms with Gasteiger partial charge in [-0.15, -0.1) is 0 Å². The zero-order valence-electron chi connectivity index (χ0n) is 16.6. The van der Waals surface area contributed by atoms with Crippen LogP contribution < -0.4 is 21.7 Å². The Kier molecular flexibility index (Phi) is 8.54. The van der Waals surface area contributed by atoms with E-state index in [0.717, 1.165) is 6.42 Å². The summed E-state index contributed by atoms with van der Waals surface area (Å²) >= 11 is 0. The molecule has 12 nitrogen and oxygen atoms in total. The van der Waals surface area contributed by atoms with E-state index in [4.69, 9.17) is 15.9 Å². The van der Waals surface area contributed by atoms with Crippen molar-refractivity contribution in [1.29, 1.82) is 0 Å². The summed E-state index contributed by atoms with van der Waals surface area (Å²) in [5, 5.41) is 26.0. The molecule has 2 heterocycles. The van der Waals surface area contributed by atoms with Crippen molar-refractivity contribution in [2.24, 2.45) is 5.73 Å². The standard InChI is InChI=1S/C18H29N5O7/c19-14(25)6-5-11(21-15(26)10-3-1-7-20-10)17(28)23-8-2-4-13(23)16(27)22-12(9-24)18(29)30/h10-13,20,24H,1-9H2,(H2,19,25)(H,21,26)(H,22,27)(H,29,30). The maximum Gasteiger partial charge on any atom is 0.328 e. The molecule has 2 aliphatic rings. The maximum atomic E-state index is 13.1. The Bertz CT molecular complexity index is 680. The van der Waals surface area contributed by atoms with Crippen molar-refractivity contribution >= 4 is 29.6 Å². The van der Waals surface area contributed by atoms with Crippen LogP contribution in [0, 0.1) is 0 Å². The van der Waals surface area contributed by atoms with E-state index >= 15 is 0 Å². The first-order valence-electron chi connectivity index (χ1n) is 10.0. The summed E-state index contributed by atoms with van der Waals surface area (Å²) in [6.45, 7) is 0.160. The molecule has 0 saturated carbocycles. The molecule has 168 valence electrons. The number of carbonyl (C=O) groups is 5. The van der Waals surface area contributed by atoms with Gasteiger partial charge in [0.2, 0.25) is 23.6 Å². The van der Waals surface area contributed by atoms with Crippen LogP contribution in [0.4, 0.5) is 0 Å². The number of likely N-dealkylation sites (tertiary alicyclic amines) is 1. The van der Waals surface area contributed by atoms with Gasteiger partial charge in [-0.2, -0.15) is 0 Å². The number of hydrogen-bond donors (Lipinski definition) is 6. The van der Waals surface area contributed by atoms with Crippen molar-refractivity contribution in [3.63, 3.8) is 0 Å². The van der Waals surface area contributed by atoms with Gasteiger partial charge in [0.1, 0.15) is 18.1 Å². The molecule has 2 fully saturated rings. The number of nitrogens with one attached hydrogen (secondary N) is 3. The van der Waals surface area contributed by atoms with E-state index in [9.17, 15) is 24.0 Å². The normalized spacial score (nSPS) is 22.9. The summed E-state index contributed by atoms with van der Waals surface area (Å²) in [6, 6.07) is -3.86. The van der Waals surface area contributed by atoms with Crippen LogP contribution in [0.15, 0.2) is 0 Å². The Hall–Kier alpha value is -2.73. The molecule has 2 aliphatic heterocycles. The SMILES string of the molecule is NC(=O)CCC(NC(=O)C1CCCN1)C(=O)N1CCCC1C(=O)NC(CO)C(=O)O. The molecule has 30 heavy (non-hydrogen) atoms. The van der Waals surface area contributed by atoms with Gasteiger partial charge in [-0.25, -0.2) is 4.79 Å². The highest BCUT2D eigenvalue weighted by Crippen LogP contribution is 2.20. The second-order valence-corrected chi connectivity index (χ2v) is 7.49. The molecule has 0 aliphatic carbocycles. The number of carboxylic acid groups (broad SMARTS) is 1. The molecule has 4 atom stereocenters. The largest absolute Gasteiger partial charge is 0.480 e. The van der Waals surface area contributed by atoms with Crippen LogP contribution in [0.2, 0.25) is 0 Å². The molecule has 4 amide bonds. The molecule has 0 bridgehead atoms. The van der Waals surface area contributed by atoms with E-state index in [2.05, 4.69) is 16.0 Å². The predicted molar refractivity (Wildman–Crippen MR) is 103 cm³/mol. The molecule has 0 radical (unpaired) electrons. The number of carboxylic acids is 1. The van der Waals surface area contributed by atoms with Gasteiger partial charge in [0, 0.05) is 13.0 Å². The van der Waals surface area contributed by atoms with Crippen molar-refractivity contribution < 1.29 is 34.2 Å². The highest BCUT2D eigenvalue weighted by molar-refractivity contribution is 5.94. The lowest BCUT2D eigenvalue weighted by molar-refractivity contribution is -0.145. The number of rotatable bonds is 10. The minimum atomic E-state index is -1.48. The van der Waals surface area contributed by atoms with Gasteiger partial charge in [-0.05, 0) is 38.6 Å². The molecule has 0 aromatic heterocycles. The quantitative estimate of drug-likeness (QED) is 0.213. The third kappa shape index (κ3) is 6.13. The average Bonchev–Trinajstić information content (AvgIpc) is 3.39. The number of amides is 4. The summed E-state index contributed by atoms with van der Waals surface area (Å²) in [7, 11) is 0. The lowest BCUT2D eigenvalue weighted by Gasteiger charge is -2.29. The van der Waals surface area contributed by atoms with Crippen LogP contribution in [0.3, 0.4) is 0 Å². The Morgan fingerprint density at radius 2 is 1.77 bits per heavy atom. The molecule has 2 saturated heterocycles.